The molecule has 1 aromatic heterocycles. The zero-order valence-electron chi connectivity index (χ0n) is 17.3. The summed E-state index contributed by atoms with van der Waals surface area (Å²) in [5, 5.41) is 9.95. The summed E-state index contributed by atoms with van der Waals surface area (Å²) in [6.07, 6.45) is 4.25. The predicted octanol–water partition coefficient (Wildman–Crippen LogP) is 1.58. The highest BCUT2D eigenvalue weighted by molar-refractivity contribution is 5.88. The number of piperazine rings is 1. The van der Waals surface area contributed by atoms with E-state index in [-0.39, 0.29) is 49.4 Å². The Balaban J connectivity index is 1.31. The molecule has 0 bridgehead atoms. The highest BCUT2D eigenvalue weighted by atomic mass is 16.3. The molecule has 1 saturated carbocycles. The van der Waals surface area contributed by atoms with Gasteiger partial charge in [0.15, 0.2) is 0 Å². The van der Waals surface area contributed by atoms with Crippen LogP contribution in [-0.2, 0) is 16.0 Å². The topological polar surface area (TPSA) is 73.7 Å². The van der Waals surface area contributed by atoms with Crippen molar-refractivity contribution in [2.45, 2.75) is 37.3 Å². The van der Waals surface area contributed by atoms with Crippen molar-refractivity contribution in [1.82, 2.24) is 14.8 Å². The molecule has 3 fully saturated rings. The summed E-state index contributed by atoms with van der Waals surface area (Å²) >= 11 is 0. The van der Waals surface area contributed by atoms with Crippen molar-refractivity contribution < 1.29 is 14.7 Å². The van der Waals surface area contributed by atoms with Crippen LogP contribution in [0.25, 0.3) is 0 Å². The summed E-state index contributed by atoms with van der Waals surface area (Å²) in [7, 11) is 0. The number of aliphatic hydroxyl groups excluding tert-OH is 1. The Morgan fingerprint density at radius 3 is 2.65 bits per heavy atom. The van der Waals surface area contributed by atoms with Gasteiger partial charge in [-0.25, -0.2) is 0 Å². The lowest BCUT2D eigenvalue weighted by molar-refractivity contribution is -0.166. The maximum absolute atomic E-state index is 12.8. The van der Waals surface area contributed by atoms with Crippen LogP contribution in [0, 0.1) is 17.8 Å². The molecule has 0 unspecified atom stereocenters. The lowest BCUT2D eigenvalue weighted by atomic mass is 9.73. The normalized spacial score (nSPS) is 24.7. The molecule has 3 heterocycles. The summed E-state index contributed by atoms with van der Waals surface area (Å²) < 4.78 is 0. The van der Waals surface area contributed by atoms with Crippen molar-refractivity contribution in [2.75, 3.05) is 19.7 Å². The zero-order chi connectivity index (χ0) is 21.4. The Hall–Kier alpha value is -3.17. The fourth-order valence-electron chi connectivity index (χ4n) is 4.66. The molecule has 31 heavy (non-hydrogen) atoms. The lowest BCUT2D eigenvalue weighted by Gasteiger charge is -2.58. The smallest absolute Gasteiger partial charge is 0.242 e. The van der Waals surface area contributed by atoms with Crippen molar-refractivity contribution >= 4 is 11.8 Å². The number of benzene rings is 1. The predicted molar refractivity (Wildman–Crippen MR) is 115 cm³/mol. The van der Waals surface area contributed by atoms with E-state index >= 15 is 0 Å². The van der Waals surface area contributed by atoms with Crippen LogP contribution in [0.3, 0.4) is 0 Å². The van der Waals surface area contributed by atoms with Crippen LogP contribution in [-0.4, -0.2) is 63.5 Å². The summed E-state index contributed by atoms with van der Waals surface area (Å²) in [5.41, 5.74) is 2.76. The Morgan fingerprint density at radius 1 is 1.16 bits per heavy atom. The van der Waals surface area contributed by atoms with Gasteiger partial charge in [0.25, 0.3) is 0 Å². The maximum Gasteiger partial charge on any atom is 0.242 e. The number of carbonyl (C=O) groups is 2. The van der Waals surface area contributed by atoms with Gasteiger partial charge in [0.05, 0.1) is 31.7 Å². The van der Waals surface area contributed by atoms with Crippen LogP contribution in [0.2, 0.25) is 0 Å². The molecule has 2 aromatic rings. The second-order valence-electron chi connectivity index (χ2n) is 8.58. The molecule has 2 aliphatic heterocycles. The molecular formula is C25H25N3O3. The van der Waals surface area contributed by atoms with Gasteiger partial charge in [0, 0.05) is 35.8 Å². The van der Waals surface area contributed by atoms with Crippen molar-refractivity contribution in [2.24, 2.45) is 5.92 Å². The third-order valence-corrected chi connectivity index (χ3v) is 6.46. The number of fused-ring (bicyclic) bond motifs is 1. The number of hydrogen-bond acceptors (Lipinski definition) is 4. The molecule has 1 aromatic carbocycles. The number of hydrogen-bond donors (Lipinski definition) is 1. The van der Waals surface area contributed by atoms with Gasteiger partial charge in [-0.15, -0.1) is 0 Å². The highest BCUT2D eigenvalue weighted by Gasteiger charge is 2.54. The quantitative estimate of drug-likeness (QED) is 0.770. The van der Waals surface area contributed by atoms with Crippen LogP contribution in [0.4, 0.5) is 0 Å². The summed E-state index contributed by atoms with van der Waals surface area (Å²) in [5.74, 6) is 6.85. The first-order valence-electron chi connectivity index (χ1n) is 10.9. The average molecular weight is 415 g/mol. The van der Waals surface area contributed by atoms with E-state index < -0.39 is 0 Å². The van der Waals surface area contributed by atoms with E-state index in [4.69, 9.17) is 0 Å². The summed E-state index contributed by atoms with van der Waals surface area (Å²) in [6.45, 7) is 0.445. The molecule has 6 nitrogen and oxygen atoms in total. The molecule has 1 aliphatic carbocycles. The van der Waals surface area contributed by atoms with Gasteiger partial charge in [-0.2, -0.15) is 0 Å². The summed E-state index contributed by atoms with van der Waals surface area (Å²) in [4.78, 5) is 33.2. The number of amides is 2. The van der Waals surface area contributed by atoms with Gasteiger partial charge in [0.2, 0.25) is 11.8 Å². The molecular weight excluding hydrogens is 390 g/mol. The SMILES string of the molecule is O=C(Cc1ccccn1)N1CC(=O)N2[C@H](CO)[C@H](c3ccc(C#CC4CC4)cc3)[C@@H]2C1. The van der Waals surface area contributed by atoms with Crippen LogP contribution in [0.15, 0.2) is 48.7 Å². The third-order valence-electron chi connectivity index (χ3n) is 6.46. The zero-order valence-corrected chi connectivity index (χ0v) is 17.3. The first-order chi connectivity index (χ1) is 15.1. The second kappa shape index (κ2) is 8.16. The number of pyridine rings is 1. The molecule has 0 spiro atoms. The van der Waals surface area contributed by atoms with Crippen LogP contribution in [0.1, 0.15) is 35.6 Å². The van der Waals surface area contributed by atoms with Gasteiger partial charge < -0.3 is 14.9 Å². The number of rotatable bonds is 4. The summed E-state index contributed by atoms with van der Waals surface area (Å²) in [6, 6.07) is 13.2. The van der Waals surface area contributed by atoms with Crippen LogP contribution in [0.5, 0.6) is 0 Å². The molecule has 3 aliphatic rings. The fourth-order valence-corrected chi connectivity index (χ4v) is 4.66. The van der Waals surface area contributed by atoms with E-state index in [0.29, 0.717) is 18.2 Å². The molecule has 6 heteroatoms. The minimum Gasteiger partial charge on any atom is -0.394 e. The average Bonchev–Trinajstić information content (AvgIpc) is 3.60. The number of aromatic nitrogens is 1. The van der Waals surface area contributed by atoms with Crippen molar-refractivity contribution in [3.63, 3.8) is 0 Å². The fraction of sp³-hybridized carbons (Fsp3) is 0.400. The lowest BCUT2D eigenvalue weighted by Crippen LogP contribution is -2.73. The number of carbonyl (C=O) groups excluding carboxylic acids is 2. The first-order valence-corrected chi connectivity index (χ1v) is 10.9. The molecule has 3 atom stereocenters. The largest absolute Gasteiger partial charge is 0.394 e. The Kier molecular flexibility index (Phi) is 5.21. The minimum absolute atomic E-state index is 0.00448. The standard InChI is InChI=1S/C25H25N3O3/c29-16-22-25(19-10-8-18(9-11-19)7-6-17-4-5-17)21-14-27(15-24(31)28(21)22)23(30)13-20-3-1-2-12-26-20/h1-3,8-12,17,21-22,25,29H,4-5,13-16H2/t21-,22+,25+/m0/s1. The molecule has 2 amide bonds. The number of aliphatic hydroxyl groups is 1. The van der Waals surface area contributed by atoms with Crippen LogP contribution >= 0.6 is 0 Å². The van der Waals surface area contributed by atoms with E-state index in [1.807, 2.05) is 42.5 Å². The van der Waals surface area contributed by atoms with Gasteiger partial charge in [-0.1, -0.05) is 30.0 Å². The maximum atomic E-state index is 12.8. The minimum atomic E-state index is -0.242. The van der Waals surface area contributed by atoms with Gasteiger partial charge in [-0.05, 0) is 42.7 Å². The molecule has 158 valence electrons. The first kappa shape index (κ1) is 19.8. The third kappa shape index (κ3) is 3.94. The van der Waals surface area contributed by atoms with Crippen molar-refractivity contribution in [3.05, 3.63) is 65.5 Å². The van der Waals surface area contributed by atoms with Crippen molar-refractivity contribution in [1.29, 1.82) is 0 Å². The monoisotopic (exact) mass is 415 g/mol. The molecule has 5 rings (SSSR count). The molecule has 2 saturated heterocycles. The van der Waals surface area contributed by atoms with E-state index in [1.165, 1.54) is 12.8 Å². The van der Waals surface area contributed by atoms with E-state index in [9.17, 15) is 14.7 Å². The van der Waals surface area contributed by atoms with E-state index in [2.05, 4.69) is 16.8 Å². The second-order valence-corrected chi connectivity index (χ2v) is 8.58. The molecule has 0 radical (unpaired) electrons. The van der Waals surface area contributed by atoms with Gasteiger partial charge in [0.1, 0.15) is 0 Å². The molecule has 1 N–H and O–H groups in total. The van der Waals surface area contributed by atoms with Gasteiger partial charge in [-0.3, -0.25) is 14.6 Å². The Morgan fingerprint density at radius 2 is 1.97 bits per heavy atom. The van der Waals surface area contributed by atoms with Gasteiger partial charge >= 0.3 is 0 Å². The Bertz CT molecular complexity index is 1040. The van der Waals surface area contributed by atoms with E-state index in [0.717, 1.165) is 11.1 Å². The highest BCUT2D eigenvalue weighted by Crippen LogP contribution is 2.43. The van der Waals surface area contributed by atoms with Crippen molar-refractivity contribution in [3.8, 4) is 11.8 Å². The van der Waals surface area contributed by atoms with Crippen LogP contribution < -0.4 is 0 Å². The number of nitrogens with zero attached hydrogens (tertiary/aromatic N) is 3. The Labute approximate surface area is 181 Å². The van der Waals surface area contributed by atoms with E-state index in [1.54, 1.807) is 16.0 Å².